The Morgan fingerprint density at radius 1 is 0.769 bits per heavy atom. The van der Waals surface area contributed by atoms with Crippen LogP contribution in [-0.4, -0.2) is 109 Å². The van der Waals surface area contributed by atoms with E-state index >= 15 is 0 Å². The summed E-state index contributed by atoms with van der Waals surface area (Å²) in [4.78, 5) is 106. The first-order chi connectivity index (χ1) is 24.8. The SMILES string of the molecule is CNC(=O)CCCC(=O)NCCCC[C@@H]1NC(=O)[C@@H](Cc2ccccc2)NC(=O)[C@H](CC(=O)O)NC(=O)CNC(=O)[C@H](CCCN=C(N)N)NC1=O. The van der Waals surface area contributed by atoms with Gasteiger partial charge >= 0.3 is 5.97 Å². The predicted molar refractivity (Wildman–Crippen MR) is 188 cm³/mol. The molecule has 12 N–H and O–H groups in total. The van der Waals surface area contributed by atoms with Crippen LogP contribution in [0.15, 0.2) is 35.3 Å². The third-order valence-electron chi connectivity index (χ3n) is 7.91. The van der Waals surface area contributed by atoms with Crippen LogP contribution in [0.2, 0.25) is 0 Å². The number of carboxylic acid groups (broad SMARTS) is 1. The van der Waals surface area contributed by atoms with Crippen molar-refractivity contribution < 1.29 is 43.5 Å². The average molecular weight is 731 g/mol. The van der Waals surface area contributed by atoms with Crippen LogP contribution < -0.4 is 48.7 Å². The summed E-state index contributed by atoms with van der Waals surface area (Å²) in [5.74, 6) is -6.07. The molecule has 1 heterocycles. The van der Waals surface area contributed by atoms with Crippen LogP contribution in [0.3, 0.4) is 0 Å². The van der Waals surface area contributed by atoms with E-state index in [1.165, 1.54) is 7.05 Å². The topological polar surface area (TPSA) is 305 Å². The van der Waals surface area contributed by atoms with Crippen LogP contribution in [0.5, 0.6) is 0 Å². The molecular formula is C33H50N10O9. The molecule has 1 aromatic rings. The number of carbonyl (C=O) groups is 8. The minimum absolute atomic E-state index is 0.0418. The second-order valence-electron chi connectivity index (χ2n) is 12.1. The highest BCUT2D eigenvalue weighted by Crippen LogP contribution is 2.09. The average Bonchev–Trinajstić information content (AvgIpc) is 3.10. The zero-order chi connectivity index (χ0) is 38.5. The third kappa shape index (κ3) is 16.8. The molecule has 0 saturated carbocycles. The van der Waals surface area contributed by atoms with Crippen LogP contribution in [0.1, 0.15) is 63.4 Å². The van der Waals surface area contributed by atoms with Gasteiger partial charge in [0.2, 0.25) is 41.4 Å². The number of nitrogens with two attached hydrogens (primary N) is 2. The molecule has 0 spiro atoms. The van der Waals surface area contributed by atoms with Gasteiger partial charge in [0.25, 0.3) is 0 Å². The molecule has 1 aliphatic rings. The molecule has 19 nitrogen and oxygen atoms in total. The first kappa shape index (κ1) is 42.4. The van der Waals surface area contributed by atoms with Crippen molar-refractivity contribution in [2.24, 2.45) is 16.5 Å². The summed E-state index contributed by atoms with van der Waals surface area (Å²) in [5.41, 5.74) is 11.4. The van der Waals surface area contributed by atoms with Crippen molar-refractivity contribution in [3.8, 4) is 0 Å². The van der Waals surface area contributed by atoms with Gasteiger partial charge in [0.05, 0.1) is 13.0 Å². The maximum atomic E-state index is 13.8. The van der Waals surface area contributed by atoms with E-state index in [1.54, 1.807) is 30.3 Å². The summed E-state index contributed by atoms with van der Waals surface area (Å²) < 4.78 is 0. The van der Waals surface area contributed by atoms with Crippen LogP contribution in [0.4, 0.5) is 0 Å². The van der Waals surface area contributed by atoms with Gasteiger partial charge in [0.15, 0.2) is 5.96 Å². The Hall–Kier alpha value is -5.75. The van der Waals surface area contributed by atoms with Gasteiger partial charge < -0.3 is 53.8 Å². The molecule has 1 aromatic carbocycles. The molecule has 0 aromatic heterocycles. The van der Waals surface area contributed by atoms with Crippen LogP contribution in [-0.2, 0) is 44.8 Å². The van der Waals surface area contributed by atoms with E-state index in [-0.39, 0.29) is 69.4 Å². The molecule has 52 heavy (non-hydrogen) atoms. The van der Waals surface area contributed by atoms with Crippen LogP contribution in [0.25, 0.3) is 0 Å². The van der Waals surface area contributed by atoms with Crippen molar-refractivity contribution in [2.75, 3.05) is 26.7 Å². The van der Waals surface area contributed by atoms with Crippen molar-refractivity contribution in [2.45, 2.75) is 88.4 Å². The summed E-state index contributed by atoms with van der Waals surface area (Å²) in [7, 11) is 1.51. The quantitative estimate of drug-likeness (QED) is 0.0438. The molecule has 19 heteroatoms. The van der Waals surface area contributed by atoms with Gasteiger partial charge in [-0.3, -0.25) is 43.3 Å². The molecule has 0 bridgehead atoms. The molecule has 0 unspecified atom stereocenters. The molecular weight excluding hydrogens is 680 g/mol. The number of benzene rings is 1. The normalized spacial score (nSPS) is 20.0. The van der Waals surface area contributed by atoms with E-state index in [4.69, 9.17) is 11.5 Å². The van der Waals surface area contributed by atoms with E-state index in [1.807, 2.05) is 0 Å². The van der Waals surface area contributed by atoms with Crippen molar-refractivity contribution in [3.05, 3.63) is 35.9 Å². The van der Waals surface area contributed by atoms with Crippen molar-refractivity contribution in [1.29, 1.82) is 0 Å². The summed E-state index contributed by atoms with van der Waals surface area (Å²) in [6, 6.07) is 3.34. The van der Waals surface area contributed by atoms with E-state index in [0.717, 1.165) is 0 Å². The number of carbonyl (C=O) groups excluding carboxylic acids is 7. The number of guanidine groups is 1. The molecule has 286 valence electrons. The van der Waals surface area contributed by atoms with Crippen molar-refractivity contribution >= 4 is 53.3 Å². The second kappa shape index (κ2) is 22.9. The Labute approximate surface area is 301 Å². The highest BCUT2D eigenvalue weighted by atomic mass is 16.4. The number of amides is 7. The van der Waals surface area contributed by atoms with Crippen LogP contribution in [0, 0.1) is 0 Å². The summed E-state index contributed by atoms with van der Waals surface area (Å²) in [6.45, 7) is -0.254. The minimum atomic E-state index is -1.59. The monoisotopic (exact) mass is 730 g/mol. The van der Waals surface area contributed by atoms with Crippen molar-refractivity contribution in [3.63, 3.8) is 0 Å². The third-order valence-corrected chi connectivity index (χ3v) is 7.91. The summed E-state index contributed by atoms with van der Waals surface area (Å²) >= 11 is 0. The van der Waals surface area contributed by atoms with Crippen LogP contribution >= 0.6 is 0 Å². The number of hydrogen-bond donors (Lipinski definition) is 10. The molecule has 2 rings (SSSR count). The number of nitrogens with one attached hydrogen (secondary N) is 7. The smallest absolute Gasteiger partial charge is 0.305 e. The maximum absolute atomic E-state index is 13.8. The standard InChI is InChI=1S/C33H50N10O9/c1-36-25(44)13-7-14-26(45)37-15-6-5-11-22-30(50)41-21(12-8-16-38-33(34)35)29(49)39-19-27(46)40-24(18-28(47)48)32(52)43-23(31(51)42-22)17-20-9-3-2-4-10-20/h2-4,9-10,21-24H,5-8,11-19H2,1H3,(H,36,44)(H,37,45)(H,39,49)(H,40,46)(H,41,50)(H,42,51)(H,43,52)(H,47,48)(H4,34,35,38)/t21-,22-,23+,24-/m0/s1. The number of hydrogen-bond acceptors (Lipinski definition) is 9. The van der Waals surface area contributed by atoms with E-state index in [0.29, 0.717) is 24.8 Å². The largest absolute Gasteiger partial charge is 0.481 e. The van der Waals surface area contributed by atoms with E-state index in [9.17, 15) is 43.5 Å². The fourth-order valence-electron chi connectivity index (χ4n) is 5.16. The summed E-state index contributed by atoms with van der Waals surface area (Å²) in [5, 5.41) is 27.2. The first-order valence-electron chi connectivity index (χ1n) is 17.1. The summed E-state index contributed by atoms with van der Waals surface area (Å²) in [6.07, 6.45) is 1.01. The highest BCUT2D eigenvalue weighted by Gasteiger charge is 2.33. The number of aliphatic imine (C=N–C) groups is 1. The van der Waals surface area contributed by atoms with Gasteiger partial charge in [-0.1, -0.05) is 30.3 Å². The number of rotatable bonds is 17. The van der Waals surface area contributed by atoms with Gasteiger partial charge in [-0.15, -0.1) is 0 Å². The fraction of sp³-hybridized carbons (Fsp3) is 0.545. The van der Waals surface area contributed by atoms with Gasteiger partial charge in [-0.2, -0.15) is 0 Å². The maximum Gasteiger partial charge on any atom is 0.305 e. The Morgan fingerprint density at radius 3 is 2.02 bits per heavy atom. The number of nitrogens with zero attached hydrogens (tertiary/aromatic N) is 1. The molecule has 1 saturated heterocycles. The lowest BCUT2D eigenvalue weighted by Gasteiger charge is -2.26. The van der Waals surface area contributed by atoms with Gasteiger partial charge in [0.1, 0.15) is 24.2 Å². The second-order valence-corrected chi connectivity index (χ2v) is 12.1. The van der Waals surface area contributed by atoms with E-state index < -0.39 is 72.6 Å². The minimum Gasteiger partial charge on any atom is -0.481 e. The Morgan fingerprint density at radius 2 is 1.37 bits per heavy atom. The molecule has 1 aliphatic heterocycles. The lowest BCUT2D eigenvalue weighted by molar-refractivity contribution is -0.141. The molecule has 4 atom stereocenters. The zero-order valence-electron chi connectivity index (χ0n) is 29.2. The molecule has 0 radical (unpaired) electrons. The Kier molecular flexibility index (Phi) is 18.7. The molecule has 7 amide bonds. The van der Waals surface area contributed by atoms with Gasteiger partial charge in [0, 0.05) is 39.4 Å². The first-order valence-corrected chi connectivity index (χ1v) is 17.1. The fourth-order valence-corrected chi connectivity index (χ4v) is 5.16. The zero-order valence-corrected chi connectivity index (χ0v) is 29.2. The lowest BCUT2D eigenvalue weighted by atomic mass is 10.0. The number of unbranched alkanes of at least 4 members (excludes halogenated alkanes) is 1. The molecule has 1 fully saturated rings. The Balaban J connectivity index is 2.33. The number of carboxylic acids is 1. The van der Waals surface area contributed by atoms with Gasteiger partial charge in [-0.25, -0.2) is 0 Å². The predicted octanol–water partition coefficient (Wildman–Crippen LogP) is -2.97. The van der Waals surface area contributed by atoms with E-state index in [2.05, 4.69) is 42.2 Å². The van der Waals surface area contributed by atoms with Gasteiger partial charge in [-0.05, 0) is 44.1 Å². The van der Waals surface area contributed by atoms with Crippen molar-refractivity contribution in [1.82, 2.24) is 37.2 Å². The number of aliphatic carboxylic acids is 1. The highest BCUT2D eigenvalue weighted by molar-refractivity contribution is 5.98. The molecule has 0 aliphatic carbocycles. The lowest BCUT2D eigenvalue weighted by Crippen LogP contribution is -2.58. The Bertz CT molecular complexity index is 1440.